The van der Waals surface area contributed by atoms with E-state index < -0.39 is 18.2 Å². The molecule has 0 heterocycles. The third-order valence-corrected chi connectivity index (χ3v) is 5.15. The zero-order chi connectivity index (χ0) is 18.1. The number of fused-ring (bicyclic) bond motifs is 2. The van der Waals surface area contributed by atoms with Crippen LogP contribution in [0.3, 0.4) is 0 Å². The molecule has 0 spiro atoms. The standard InChI is InChI=1S/C23H20O3/c1-2-21(24)26-23(20-14-12-16-8-4-6-10-18(16)20)22(25)19-13-11-15-7-3-5-9-17(15)19/h2-14,19-20,22-23,25H,1H2. The molecule has 130 valence electrons. The second kappa shape index (κ2) is 6.77. The van der Waals surface area contributed by atoms with E-state index in [4.69, 9.17) is 4.74 Å². The fourth-order valence-electron chi connectivity index (χ4n) is 3.88. The van der Waals surface area contributed by atoms with Crippen LogP contribution < -0.4 is 0 Å². The lowest BCUT2D eigenvalue weighted by Gasteiger charge is -2.31. The van der Waals surface area contributed by atoms with Crippen molar-refractivity contribution in [2.24, 2.45) is 0 Å². The molecule has 2 aliphatic rings. The average molecular weight is 344 g/mol. The predicted molar refractivity (Wildman–Crippen MR) is 103 cm³/mol. The summed E-state index contributed by atoms with van der Waals surface area (Å²) >= 11 is 0. The minimum absolute atomic E-state index is 0.189. The Kier molecular flexibility index (Phi) is 4.31. The zero-order valence-electron chi connectivity index (χ0n) is 14.3. The van der Waals surface area contributed by atoms with Gasteiger partial charge in [0.25, 0.3) is 0 Å². The lowest BCUT2D eigenvalue weighted by Crippen LogP contribution is -2.38. The minimum atomic E-state index is -0.861. The molecule has 26 heavy (non-hydrogen) atoms. The van der Waals surface area contributed by atoms with Gasteiger partial charge >= 0.3 is 5.97 Å². The molecule has 0 saturated heterocycles. The summed E-state index contributed by atoms with van der Waals surface area (Å²) in [7, 11) is 0. The fraction of sp³-hybridized carbons (Fsp3) is 0.174. The molecule has 4 rings (SSSR count). The number of carbonyl (C=O) groups is 1. The van der Waals surface area contributed by atoms with E-state index in [1.54, 1.807) is 0 Å². The van der Waals surface area contributed by atoms with Gasteiger partial charge in [-0.1, -0.05) is 79.4 Å². The first kappa shape index (κ1) is 16.6. The Balaban J connectivity index is 1.69. The SMILES string of the molecule is C=CC(=O)OC(C1C=Cc2ccccc21)C(O)C1C=Cc2ccccc21. The van der Waals surface area contributed by atoms with Crippen LogP contribution in [0.4, 0.5) is 0 Å². The van der Waals surface area contributed by atoms with Crippen molar-refractivity contribution in [3.05, 3.63) is 95.6 Å². The molecule has 0 radical (unpaired) electrons. The lowest BCUT2D eigenvalue weighted by atomic mass is 9.84. The third kappa shape index (κ3) is 2.80. The van der Waals surface area contributed by atoms with Gasteiger partial charge in [-0.05, 0) is 22.3 Å². The monoisotopic (exact) mass is 344 g/mol. The number of esters is 1. The lowest BCUT2D eigenvalue weighted by molar-refractivity contribution is -0.150. The Hall–Kier alpha value is -2.91. The molecule has 0 aliphatic heterocycles. The number of hydrogen-bond acceptors (Lipinski definition) is 3. The van der Waals surface area contributed by atoms with Crippen molar-refractivity contribution in [1.82, 2.24) is 0 Å². The summed E-state index contributed by atoms with van der Waals surface area (Å²) in [6.07, 6.45) is 7.59. The maximum Gasteiger partial charge on any atom is 0.330 e. The summed E-state index contributed by atoms with van der Waals surface area (Å²) in [4.78, 5) is 12.0. The third-order valence-electron chi connectivity index (χ3n) is 5.15. The highest BCUT2D eigenvalue weighted by molar-refractivity contribution is 5.81. The van der Waals surface area contributed by atoms with Crippen molar-refractivity contribution < 1.29 is 14.6 Å². The number of ether oxygens (including phenoxy) is 1. The van der Waals surface area contributed by atoms with Gasteiger partial charge in [0.2, 0.25) is 0 Å². The van der Waals surface area contributed by atoms with Gasteiger partial charge in [-0.15, -0.1) is 0 Å². The normalized spacial score (nSPS) is 21.7. The molecule has 3 nitrogen and oxygen atoms in total. The Morgan fingerprint density at radius 1 is 0.962 bits per heavy atom. The van der Waals surface area contributed by atoms with Gasteiger partial charge < -0.3 is 9.84 Å². The molecule has 2 aromatic carbocycles. The summed E-state index contributed by atoms with van der Waals surface area (Å²) in [5, 5.41) is 11.2. The molecule has 2 aliphatic carbocycles. The quantitative estimate of drug-likeness (QED) is 0.657. The average Bonchev–Trinajstić information content (AvgIpc) is 3.29. The van der Waals surface area contributed by atoms with E-state index >= 15 is 0 Å². The molecule has 0 bridgehead atoms. The van der Waals surface area contributed by atoms with Crippen LogP contribution in [0.1, 0.15) is 34.1 Å². The summed E-state index contributed by atoms with van der Waals surface area (Å²) < 4.78 is 5.64. The van der Waals surface area contributed by atoms with Crippen LogP contribution in [0.2, 0.25) is 0 Å². The van der Waals surface area contributed by atoms with E-state index in [1.807, 2.05) is 72.8 Å². The highest BCUT2D eigenvalue weighted by atomic mass is 16.6. The van der Waals surface area contributed by atoms with Crippen molar-refractivity contribution in [2.75, 3.05) is 0 Å². The largest absolute Gasteiger partial charge is 0.455 e. The van der Waals surface area contributed by atoms with Gasteiger partial charge in [0, 0.05) is 17.9 Å². The molecule has 0 saturated carbocycles. The number of aliphatic hydroxyl groups excluding tert-OH is 1. The molecule has 0 amide bonds. The van der Waals surface area contributed by atoms with Gasteiger partial charge in [0.15, 0.2) is 0 Å². The van der Waals surface area contributed by atoms with Gasteiger partial charge in [-0.3, -0.25) is 0 Å². The number of carbonyl (C=O) groups excluding carboxylic acids is 1. The highest BCUT2D eigenvalue weighted by Crippen LogP contribution is 2.40. The number of rotatable bonds is 5. The number of hydrogen-bond donors (Lipinski definition) is 1. The zero-order valence-corrected chi connectivity index (χ0v) is 14.3. The van der Waals surface area contributed by atoms with Gasteiger partial charge in [-0.25, -0.2) is 4.79 Å². The minimum Gasteiger partial charge on any atom is -0.455 e. The maximum absolute atomic E-state index is 12.0. The topological polar surface area (TPSA) is 46.5 Å². The fourth-order valence-corrected chi connectivity index (χ4v) is 3.88. The Labute approximate surface area is 152 Å². The predicted octanol–water partition coefficient (Wildman–Crippen LogP) is 4.07. The highest BCUT2D eigenvalue weighted by Gasteiger charge is 2.39. The summed E-state index contributed by atoms with van der Waals surface area (Å²) in [5.41, 5.74) is 4.29. The van der Waals surface area contributed by atoms with E-state index in [2.05, 4.69) is 6.58 Å². The van der Waals surface area contributed by atoms with Crippen molar-refractivity contribution in [2.45, 2.75) is 24.0 Å². The van der Waals surface area contributed by atoms with Crippen LogP contribution in [0.15, 0.2) is 73.3 Å². The van der Waals surface area contributed by atoms with Crippen LogP contribution in [0.25, 0.3) is 12.2 Å². The van der Waals surface area contributed by atoms with Crippen molar-refractivity contribution in [3.8, 4) is 0 Å². The van der Waals surface area contributed by atoms with Crippen LogP contribution in [0, 0.1) is 0 Å². The van der Waals surface area contributed by atoms with E-state index in [0.29, 0.717) is 0 Å². The summed E-state index contributed by atoms with van der Waals surface area (Å²) in [5.74, 6) is -0.927. The molecular weight excluding hydrogens is 324 g/mol. The molecule has 4 unspecified atom stereocenters. The second-order valence-corrected chi connectivity index (χ2v) is 6.62. The Morgan fingerprint density at radius 3 is 2.12 bits per heavy atom. The van der Waals surface area contributed by atoms with Crippen LogP contribution >= 0.6 is 0 Å². The van der Waals surface area contributed by atoms with Crippen molar-refractivity contribution in [1.29, 1.82) is 0 Å². The first-order valence-corrected chi connectivity index (χ1v) is 8.74. The second-order valence-electron chi connectivity index (χ2n) is 6.62. The van der Waals surface area contributed by atoms with Gasteiger partial charge in [0.1, 0.15) is 12.2 Å². The van der Waals surface area contributed by atoms with Crippen LogP contribution in [0.5, 0.6) is 0 Å². The molecule has 4 atom stereocenters. The molecule has 0 fully saturated rings. The maximum atomic E-state index is 12.0. The Bertz CT molecular complexity index is 909. The number of benzene rings is 2. The van der Waals surface area contributed by atoms with E-state index in [0.717, 1.165) is 28.3 Å². The smallest absolute Gasteiger partial charge is 0.330 e. The molecule has 1 N–H and O–H groups in total. The van der Waals surface area contributed by atoms with E-state index in [9.17, 15) is 9.90 Å². The Morgan fingerprint density at radius 2 is 1.50 bits per heavy atom. The molecule has 3 heteroatoms. The van der Waals surface area contributed by atoms with Crippen molar-refractivity contribution >= 4 is 18.1 Å². The first-order chi connectivity index (χ1) is 12.7. The van der Waals surface area contributed by atoms with Gasteiger partial charge in [0.05, 0.1) is 0 Å². The van der Waals surface area contributed by atoms with Crippen molar-refractivity contribution in [3.63, 3.8) is 0 Å². The first-order valence-electron chi connectivity index (χ1n) is 8.74. The summed E-state index contributed by atoms with van der Waals surface area (Å²) in [6, 6.07) is 15.9. The van der Waals surface area contributed by atoms with Crippen LogP contribution in [-0.2, 0) is 9.53 Å². The number of aliphatic hydroxyl groups is 1. The molecule has 0 aromatic heterocycles. The van der Waals surface area contributed by atoms with E-state index in [1.165, 1.54) is 0 Å². The summed E-state index contributed by atoms with van der Waals surface area (Å²) in [6.45, 7) is 3.49. The molecular formula is C23H20O3. The van der Waals surface area contributed by atoms with Gasteiger partial charge in [-0.2, -0.15) is 0 Å². The molecule has 2 aromatic rings. The van der Waals surface area contributed by atoms with E-state index in [-0.39, 0.29) is 11.8 Å². The van der Waals surface area contributed by atoms with Crippen LogP contribution in [-0.4, -0.2) is 23.3 Å².